The van der Waals surface area contributed by atoms with Gasteiger partial charge in [0, 0.05) is 37.9 Å². The van der Waals surface area contributed by atoms with Gasteiger partial charge in [0.1, 0.15) is 16.4 Å². The van der Waals surface area contributed by atoms with E-state index in [1.54, 1.807) is 30.2 Å². The number of piperazine rings is 1. The SMILES string of the molecule is CCOC(=O)N1CCN(c2sc(Nc3cccnc3Oc3ccccc3C(C)(C)C)nc2C(F)(F)F)CC1. The van der Waals surface area contributed by atoms with Crippen molar-refractivity contribution >= 4 is 33.3 Å². The second kappa shape index (κ2) is 11.1. The number of anilines is 3. The van der Waals surface area contributed by atoms with Crippen molar-refractivity contribution in [2.45, 2.75) is 39.3 Å². The second-order valence-electron chi connectivity index (χ2n) is 9.67. The van der Waals surface area contributed by atoms with Gasteiger partial charge in [-0.15, -0.1) is 0 Å². The quantitative estimate of drug-likeness (QED) is 0.368. The van der Waals surface area contributed by atoms with Crippen LogP contribution in [-0.2, 0) is 16.3 Å². The van der Waals surface area contributed by atoms with E-state index in [0.29, 0.717) is 11.4 Å². The molecule has 12 heteroatoms. The molecule has 1 aliphatic heterocycles. The van der Waals surface area contributed by atoms with Crippen molar-refractivity contribution in [1.29, 1.82) is 0 Å². The Labute approximate surface area is 223 Å². The van der Waals surface area contributed by atoms with Crippen molar-refractivity contribution in [3.63, 3.8) is 0 Å². The van der Waals surface area contributed by atoms with Crippen LogP contribution in [0.4, 0.5) is 33.8 Å². The van der Waals surface area contributed by atoms with Crippen LogP contribution in [0.1, 0.15) is 39.0 Å². The van der Waals surface area contributed by atoms with Gasteiger partial charge in [-0.1, -0.05) is 50.3 Å². The molecule has 0 saturated carbocycles. The number of carbonyl (C=O) groups is 1. The van der Waals surface area contributed by atoms with Crippen molar-refractivity contribution in [2.75, 3.05) is 43.0 Å². The average Bonchev–Trinajstić information content (AvgIpc) is 3.30. The Morgan fingerprint density at radius 1 is 1.08 bits per heavy atom. The lowest BCUT2D eigenvalue weighted by Crippen LogP contribution is -2.49. The zero-order valence-corrected chi connectivity index (χ0v) is 22.4. The number of nitrogens with zero attached hydrogens (tertiary/aromatic N) is 4. The predicted molar refractivity (Wildman–Crippen MR) is 141 cm³/mol. The molecule has 0 unspecified atom stereocenters. The number of amides is 1. The molecule has 0 radical (unpaired) electrons. The summed E-state index contributed by atoms with van der Waals surface area (Å²) in [5, 5.41) is 3.03. The van der Waals surface area contributed by atoms with E-state index in [0.717, 1.165) is 16.9 Å². The van der Waals surface area contributed by atoms with E-state index in [2.05, 4.69) is 36.1 Å². The fraction of sp³-hybridized carbons (Fsp3) is 0.423. The summed E-state index contributed by atoms with van der Waals surface area (Å²) in [5.74, 6) is 0.828. The minimum absolute atomic E-state index is 0.00653. The van der Waals surface area contributed by atoms with E-state index in [-0.39, 0.29) is 54.2 Å². The van der Waals surface area contributed by atoms with E-state index in [9.17, 15) is 18.0 Å². The van der Waals surface area contributed by atoms with E-state index < -0.39 is 18.0 Å². The molecule has 3 aromatic rings. The number of rotatable bonds is 6. The summed E-state index contributed by atoms with van der Waals surface area (Å²) in [6.45, 7) is 9.11. The Hall–Kier alpha value is -3.54. The molecule has 0 atom stereocenters. The molecule has 1 N–H and O–H groups in total. The van der Waals surface area contributed by atoms with Crippen LogP contribution in [-0.4, -0.2) is 53.7 Å². The van der Waals surface area contributed by atoms with Gasteiger partial charge in [-0.2, -0.15) is 13.2 Å². The van der Waals surface area contributed by atoms with E-state index >= 15 is 0 Å². The number of para-hydroxylation sites is 1. The summed E-state index contributed by atoms with van der Waals surface area (Å²) in [6, 6.07) is 10.9. The molecule has 1 saturated heterocycles. The van der Waals surface area contributed by atoms with Crippen LogP contribution in [0.25, 0.3) is 0 Å². The monoisotopic (exact) mass is 549 g/mol. The van der Waals surface area contributed by atoms with Gasteiger partial charge in [-0.3, -0.25) is 0 Å². The highest BCUT2D eigenvalue weighted by atomic mass is 32.1. The fourth-order valence-corrected chi connectivity index (χ4v) is 5.08. The van der Waals surface area contributed by atoms with Crippen molar-refractivity contribution in [2.24, 2.45) is 0 Å². The number of hydrogen-bond acceptors (Lipinski definition) is 8. The molecule has 4 rings (SSSR count). The van der Waals surface area contributed by atoms with Gasteiger partial charge in [-0.25, -0.2) is 14.8 Å². The topological polar surface area (TPSA) is 79.8 Å². The highest BCUT2D eigenvalue weighted by molar-refractivity contribution is 7.19. The molecule has 1 fully saturated rings. The molecule has 1 aromatic carbocycles. The molecule has 0 aliphatic carbocycles. The molecular formula is C26H30F3N5O3S. The third-order valence-electron chi connectivity index (χ3n) is 5.89. The number of ether oxygens (including phenoxy) is 2. The van der Waals surface area contributed by atoms with Crippen LogP contribution in [0.5, 0.6) is 11.6 Å². The van der Waals surface area contributed by atoms with Crippen LogP contribution in [0.3, 0.4) is 0 Å². The van der Waals surface area contributed by atoms with Crippen LogP contribution in [0.15, 0.2) is 42.6 Å². The number of thiazole rings is 1. The highest BCUT2D eigenvalue weighted by Gasteiger charge is 2.40. The zero-order chi connectivity index (χ0) is 27.5. The van der Waals surface area contributed by atoms with Gasteiger partial charge in [0.05, 0.1) is 6.61 Å². The maximum Gasteiger partial charge on any atom is 0.436 e. The van der Waals surface area contributed by atoms with E-state index in [4.69, 9.17) is 9.47 Å². The number of alkyl halides is 3. The Balaban J connectivity index is 1.58. The first-order chi connectivity index (χ1) is 18.0. The normalized spacial score (nSPS) is 14.4. The fourth-order valence-electron chi connectivity index (χ4n) is 4.03. The van der Waals surface area contributed by atoms with Gasteiger partial charge in [0.2, 0.25) is 5.88 Å². The minimum Gasteiger partial charge on any atom is -0.450 e. The molecular weight excluding hydrogens is 519 g/mol. The summed E-state index contributed by atoms with van der Waals surface area (Å²) in [6.07, 6.45) is -3.56. The Bertz CT molecular complexity index is 1270. The molecule has 2 aromatic heterocycles. The average molecular weight is 550 g/mol. The van der Waals surface area contributed by atoms with Crippen molar-refractivity contribution in [1.82, 2.24) is 14.9 Å². The largest absolute Gasteiger partial charge is 0.450 e. The lowest BCUT2D eigenvalue weighted by atomic mass is 9.86. The molecule has 0 bridgehead atoms. The van der Waals surface area contributed by atoms with Gasteiger partial charge >= 0.3 is 12.3 Å². The van der Waals surface area contributed by atoms with Crippen LogP contribution in [0.2, 0.25) is 0 Å². The van der Waals surface area contributed by atoms with Gasteiger partial charge in [0.15, 0.2) is 10.8 Å². The standard InChI is InChI=1S/C26H30F3N5O3S/c1-5-36-24(35)34-15-13-33(14-16-34)22-20(26(27,28)29)32-23(38-22)31-18-10-8-12-30-21(18)37-19-11-7-6-9-17(19)25(2,3)4/h6-12H,5,13-16H2,1-4H3,(H,31,32). The zero-order valence-electron chi connectivity index (χ0n) is 21.6. The van der Waals surface area contributed by atoms with Gasteiger partial charge in [-0.05, 0) is 30.5 Å². The summed E-state index contributed by atoms with van der Waals surface area (Å²) < 4.78 is 53.0. The highest BCUT2D eigenvalue weighted by Crippen LogP contribution is 2.44. The number of halogens is 3. The molecule has 204 valence electrons. The lowest BCUT2D eigenvalue weighted by molar-refractivity contribution is -0.140. The maximum atomic E-state index is 14.0. The Morgan fingerprint density at radius 2 is 1.79 bits per heavy atom. The number of aromatic nitrogens is 2. The number of nitrogens with one attached hydrogen (secondary N) is 1. The van der Waals surface area contributed by atoms with E-state index in [1.165, 1.54) is 4.90 Å². The first kappa shape index (κ1) is 27.5. The van der Waals surface area contributed by atoms with Crippen molar-refractivity contribution in [3.05, 3.63) is 53.9 Å². The predicted octanol–water partition coefficient (Wildman–Crippen LogP) is 6.67. The first-order valence-corrected chi connectivity index (χ1v) is 13.0. The van der Waals surface area contributed by atoms with E-state index in [1.807, 2.05) is 24.3 Å². The van der Waals surface area contributed by atoms with Gasteiger partial charge < -0.3 is 24.6 Å². The lowest BCUT2D eigenvalue weighted by Gasteiger charge is -2.34. The summed E-state index contributed by atoms with van der Waals surface area (Å²) in [7, 11) is 0. The first-order valence-electron chi connectivity index (χ1n) is 12.2. The second-order valence-corrected chi connectivity index (χ2v) is 10.7. The molecule has 8 nitrogen and oxygen atoms in total. The molecule has 0 spiro atoms. The van der Waals surface area contributed by atoms with Crippen LogP contribution >= 0.6 is 11.3 Å². The molecule has 38 heavy (non-hydrogen) atoms. The Morgan fingerprint density at radius 3 is 2.45 bits per heavy atom. The Kier molecular flexibility index (Phi) is 8.00. The minimum atomic E-state index is -4.65. The molecule has 1 amide bonds. The van der Waals surface area contributed by atoms with Crippen molar-refractivity contribution < 1.29 is 27.4 Å². The number of hydrogen-bond donors (Lipinski definition) is 1. The molecule has 3 heterocycles. The summed E-state index contributed by atoms with van der Waals surface area (Å²) in [5.41, 5.74) is 0.188. The van der Waals surface area contributed by atoms with Crippen LogP contribution < -0.4 is 15.0 Å². The third-order valence-corrected chi connectivity index (χ3v) is 6.92. The maximum absolute atomic E-state index is 14.0. The van der Waals surface area contributed by atoms with Gasteiger partial charge in [0.25, 0.3) is 0 Å². The smallest absolute Gasteiger partial charge is 0.436 e. The third kappa shape index (κ3) is 6.29. The number of carbonyl (C=O) groups excluding carboxylic acids is 1. The number of benzene rings is 1. The summed E-state index contributed by atoms with van der Waals surface area (Å²) in [4.78, 5) is 23.3. The number of pyridine rings is 1. The molecule has 1 aliphatic rings. The van der Waals surface area contributed by atoms with Crippen LogP contribution in [0, 0.1) is 0 Å². The van der Waals surface area contributed by atoms with Crippen molar-refractivity contribution in [3.8, 4) is 11.6 Å². The summed E-state index contributed by atoms with van der Waals surface area (Å²) >= 11 is 0.896.